The molecule has 1 aromatic rings. The molecule has 1 amide bonds. The molecule has 0 bridgehead atoms. The molecule has 2 atom stereocenters. The molecule has 0 spiro atoms. The molecule has 0 aliphatic carbocycles. The minimum absolute atomic E-state index is 0.0696. The van der Waals surface area contributed by atoms with Crippen molar-refractivity contribution in [1.82, 2.24) is 4.90 Å². The number of hydrogen-bond donors (Lipinski definition) is 1. The van der Waals surface area contributed by atoms with E-state index in [9.17, 15) is 4.79 Å². The van der Waals surface area contributed by atoms with E-state index >= 15 is 0 Å². The molecule has 1 saturated heterocycles. The number of carbonyl (C=O) groups excluding carboxylic acids is 1. The Morgan fingerprint density at radius 3 is 2.86 bits per heavy atom. The Bertz CT molecular complexity index is 474. The third-order valence-electron chi connectivity index (χ3n) is 3.72. The molecule has 1 fully saturated rings. The van der Waals surface area contributed by atoms with Gasteiger partial charge in [0, 0.05) is 18.7 Å². The zero-order chi connectivity index (χ0) is 15.2. The van der Waals surface area contributed by atoms with Gasteiger partial charge in [-0.3, -0.25) is 4.79 Å². The highest BCUT2D eigenvalue weighted by Gasteiger charge is 2.22. The zero-order valence-corrected chi connectivity index (χ0v) is 13.3. The van der Waals surface area contributed by atoms with Gasteiger partial charge in [0.15, 0.2) is 0 Å². The van der Waals surface area contributed by atoms with Gasteiger partial charge in [-0.1, -0.05) is 12.1 Å². The summed E-state index contributed by atoms with van der Waals surface area (Å²) in [6.45, 7) is 2.97. The Hall–Kier alpha value is -1.39. The molecule has 1 aromatic carbocycles. The maximum atomic E-state index is 12.0. The maximum Gasteiger partial charge on any atom is 0.224 e. The fourth-order valence-electron chi connectivity index (χ4n) is 2.73. The number of ether oxygens (including phenoxy) is 1. The fourth-order valence-corrected chi connectivity index (χ4v) is 2.73. The van der Waals surface area contributed by atoms with Gasteiger partial charge in [0.05, 0.1) is 12.2 Å². The largest absolute Gasteiger partial charge is 0.375 e. The second-order valence-electron chi connectivity index (χ2n) is 6.17. The molecule has 0 unspecified atom stereocenters. The van der Waals surface area contributed by atoms with E-state index in [1.54, 1.807) is 0 Å². The average Bonchev–Trinajstić information content (AvgIpc) is 2.82. The molecule has 0 saturated carbocycles. The Kier molecular flexibility index (Phi) is 5.76. The molecule has 0 radical (unpaired) electrons. The number of rotatable bonds is 6. The lowest BCUT2D eigenvalue weighted by Gasteiger charge is -2.13. The number of nitrogens with one attached hydrogen (secondary N) is 1. The molecule has 21 heavy (non-hydrogen) atoms. The van der Waals surface area contributed by atoms with E-state index < -0.39 is 0 Å². The lowest BCUT2D eigenvalue weighted by molar-refractivity contribution is -0.116. The van der Waals surface area contributed by atoms with Gasteiger partial charge in [-0.05, 0) is 58.0 Å². The number of anilines is 1. The predicted molar refractivity (Wildman–Crippen MR) is 85.3 cm³/mol. The van der Waals surface area contributed by atoms with Crippen LogP contribution in [0.4, 0.5) is 5.69 Å². The summed E-state index contributed by atoms with van der Waals surface area (Å²) in [6.07, 6.45) is 4.13. The summed E-state index contributed by atoms with van der Waals surface area (Å²) in [5, 5.41) is 2.98. The Labute approximate surface area is 127 Å². The second kappa shape index (κ2) is 7.57. The first-order chi connectivity index (χ1) is 10.0. The van der Waals surface area contributed by atoms with Gasteiger partial charge in [-0.2, -0.15) is 0 Å². The van der Waals surface area contributed by atoms with E-state index in [1.807, 2.05) is 32.3 Å². The van der Waals surface area contributed by atoms with Gasteiger partial charge >= 0.3 is 0 Å². The van der Waals surface area contributed by atoms with Gasteiger partial charge in [0.25, 0.3) is 0 Å². The normalized spacial score (nSPS) is 21.7. The van der Waals surface area contributed by atoms with E-state index in [1.165, 1.54) is 5.56 Å². The van der Waals surface area contributed by atoms with Crippen molar-refractivity contribution in [1.29, 1.82) is 0 Å². The molecule has 2 rings (SSSR count). The molecule has 0 aromatic heterocycles. The van der Waals surface area contributed by atoms with Crippen LogP contribution in [0.25, 0.3) is 0 Å². The monoisotopic (exact) mass is 290 g/mol. The van der Waals surface area contributed by atoms with Gasteiger partial charge < -0.3 is 15.0 Å². The van der Waals surface area contributed by atoms with Crippen LogP contribution in [0.2, 0.25) is 0 Å². The van der Waals surface area contributed by atoms with Crippen LogP contribution >= 0.6 is 0 Å². The van der Waals surface area contributed by atoms with Crippen LogP contribution in [-0.2, 0) is 16.1 Å². The Morgan fingerprint density at radius 1 is 1.38 bits per heavy atom. The van der Waals surface area contributed by atoms with Crippen LogP contribution in [0, 0.1) is 0 Å². The van der Waals surface area contributed by atoms with Crippen molar-refractivity contribution in [3.63, 3.8) is 0 Å². The standard InChI is InChI=1S/C17H26N2O2/c1-13-7-8-16(21-13)9-10-17(20)18-15-6-4-5-14(11-15)12-19(2)3/h4-6,11,13,16H,7-10,12H2,1-3H3,(H,18,20)/t13-,16-/m0/s1. The summed E-state index contributed by atoms with van der Waals surface area (Å²) < 4.78 is 5.74. The van der Waals surface area contributed by atoms with Gasteiger partial charge in [-0.15, -0.1) is 0 Å². The zero-order valence-electron chi connectivity index (χ0n) is 13.3. The average molecular weight is 290 g/mol. The second-order valence-corrected chi connectivity index (χ2v) is 6.17. The van der Waals surface area contributed by atoms with Crippen LogP contribution < -0.4 is 5.32 Å². The summed E-state index contributed by atoms with van der Waals surface area (Å²) in [6, 6.07) is 8.02. The van der Waals surface area contributed by atoms with Crippen molar-refractivity contribution in [3.05, 3.63) is 29.8 Å². The molecule has 1 aliphatic rings. The van der Waals surface area contributed by atoms with Crippen LogP contribution in [0.1, 0.15) is 38.2 Å². The molecule has 4 nitrogen and oxygen atoms in total. The number of benzene rings is 1. The molecule has 1 aliphatic heterocycles. The SMILES string of the molecule is C[C@H]1CC[C@@H](CCC(=O)Nc2cccc(CN(C)C)c2)O1. The van der Waals surface area contributed by atoms with E-state index in [0.717, 1.165) is 31.5 Å². The molecule has 1 N–H and O–H groups in total. The van der Waals surface area contributed by atoms with Crippen LogP contribution in [0.5, 0.6) is 0 Å². The first-order valence-electron chi connectivity index (χ1n) is 7.72. The number of carbonyl (C=O) groups is 1. The number of hydrogen-bond acceptors (Lipinski definition) is 3. The van der Waals surface area contributed by atoms with Crippen molar-refractivity contribution in [3.8, 4) is 0 Å². The van der Waals surface area contributed by atoms with Crippen LogP contribution in [0.3, 0.4) is 0 Å². The molecular formula is C17H26N2O2. The highest BCUT2D eigenvalue weighted by molar-refractivity contribution is 5.90. The van der Waals surface area contributed by atoms with E-state index in [-0.39, 0.29) is 12.0 Å². The summed E-state index contributed by atoms with van der Waals surface area (Å²) >= 11 is 0. The van der Waals surface area contributed by atoms with E-state index in [4.69, 9.17) is 4.74 Å². The fraction of sp³-hybridized carbons (Fsp3) is 0.588. The smallest absolute Gasteiger partial charge is 0.224 e. The Morgan fingerprint density at radius 2 is 2.19 bits per heavy atom. The quantitative estimate of drug-likeness (QED) is 0.875. The van der Waals surface area contributed by atoms with Gasteiger partial charge in [0.2, 0.25) is 5.91 Å². The highest BCUT2D eigenvalue weighted by atomic mass is 16.5. The molecule has 116 valence electrons. The lowest BCUT2D eigenvalue weighted by Crippen LogP contribution is -2.16. The minimum atomic E-state index is 0.0696. The summed E-state index contributed by atoms with van der Waals surface area (Å²) in [7, 11) is 4.07. The van der Waals surface area contributed by atoms with Crippen LogP contribution in [-0.4, -0.2) is 37.1 Å². The van der Waals surface area contributed by atoms with Crippen molar-refractivity contribution >= 4 is 11.6 Å². The third-order valence-corrected chi connectivity index (χ3v) is 3.72. The van der Waals surface area contributed by atoms with Crippen molar-refractivity contribution in [2.45, 2.75) is 51.4 Å². The number of amides is 1. The van der Waals surface area contributed by atoms with Crippen LogP contribution in [0.15, 0.2) is 24.3 Å². The Balaban J connectivity index is 1.79. The lowest BCUT2D eigenvalue weighted by atomic mass is 10.1. The highest BCUT2D eigenvalue weighted by Crippen LogP contribution is 2.22. The van der Waals surface area contributed by atoms with Crippen molar-refractivity contribution in [2.24, 2.45) is 0 Å². The summed E-state index contributed by atoms with van der Waals surface area (Å²) in [5.41, 5.74) is 2.07. The molecule has 1 heterocycles. The van der Waals surface area contributed by atoms with E-state index in [0.29, 0.717) is 12.5 Å². The third kappa shape index (κ3) is 5.48. The van der Waals surface area contributed by atoms with Crippen molar-refractivity contribution < 1.29 is 9.53 Å². The number of nitrogens with zero attached hydrogens (tertiary/aromatic N) is 1. The summed E-state index contributed by atoms with van der Waals surface area (Å²) in [4.78, 5) is 14.1. The van der Waals surface area contributed by atoms with Crippen molar-refractivity contribution in [2.75, 3.05) is 19.4 Å². The predicted octanol–water partition coefficient (Wildman–Crippen LogP) is 3.03. The molecular weight excluding hydrogens is 264 g/mol. The van der Waals surface area contributed by atoms with Gasteiger partial charge in [0.1, 0.15) is 0 Å². The first kappa shape index (κ1) is 16.0. The summed E-state index contributed by atoms with van der Waals surface area (Å²) in [5.74, 6) is 0.0696. The minimum Gasteiger partial charge on any atom is -0.375 e. The first-order valence-corrected chi connectivity index (χ1v) is 7.72. The van der Waals surface area contributed by atoms with E-state index in [2.05, 4.69) is 23.2 Å². The maximum absolute atomic E-state index is 12.0. The van der Waals surface area contributed by atoms with Gasteiger partial charge in [-0.25, -0.2) is 0 Å². The molecule has 4 heteroatoms. The topological polar surface area (TPSA) is 41.6 Å².